The molecule has 86 valence electrons. The Morgan fingerprint density at radius 3 is 2.80 bits per heavy atom. The fourth-order valence-corrected chi connectivity index (χ4v) is 4.06. The molecule has 1 atom stereocenters. The van der Waals surface area contributed by atoms with Gasteiger partial charge in [0.15, 0.2) is 5.12 Å². The van der Waals surface area contributed by atoms with Crippen molar-refractivity contribution >= 4 is 16.9 Å². The van der Waals surface area contributed by atoms with Crippen LogP contribution in [0.3, 0.4) is 0 Å². The van der Waals surface area contributed by atoms with E-state index in [0.29, 0.717) is 5.41 Å². The first-order chi connectivity index (χ1) is 7.23. The zero-order chi connectivity index (χ0) is 10.7. The molecule has 0 amide bonds. The molecule has 1 saturated carbocycles. The molecule has 2 rings (SSSR count). The van der Waals surface area contributed by atoms with Gasteiger partial charge in [0.05, 0.1) is 0 Å². The largest absolute Gasteiger partial charge is 0.316 e. The van der Waals surface area contributed by atoms with Crippen LogP contribution in [0.2, 0.25) is 0 Å². The van der Waals surface area contributed by atoms with E-state index >= 15 is 0 Å². The lowest BCUT2D eigenvalue weighted by atomic mass is 9.68. The van der Waals surface area contributed by atoms with Gasteiger partial charge in [0, 0.05) is 19.2 Å². The van der Waals surface area contributed by atoms with Gasteiger partial charge >= 0.3 is 0 Å². The number of hydrogen-bond acceptors (Lipinski definition) is 3. The van der Waals surface area contributed by atoms with Crippen LogP contribution in [0, 0.1) is 11.3 Å². The standard InChI is InChI=1S/C12H21NOS/c1-10(14)15-8-11-7-13-9-12(11)5-3-2-4-6-12/h11,13H,2-9H2,1H3. The third-order valence-electron chi connectivity index (χ3n) is 4.07. The molecular weight excluding hydrogens is 206 g/mol. The van der Waals surface area contributed by atoms with Gasteiger partial charge in [-0.05, 0) is 30.7 Å². The summed E-state index contributed by atoms with van der Waals surface area (Å²) in [6.45, 7) is 4.00. The second-order valence-electron chi connectivity index (χ2n) is 5.05. The molecule has 1 spiro atoms. The van der Waals surface area contributed by atoms with Crippen molar-refractivity contribution in [3.8, 4) is 0 Å². The predicted molar refractivity (Wildman–Crippen MR) is 65.0 cm³/mol. The summed E-state index contributed by atoms with van der Waals surface area (Å²) in [5, 5.41) is 3.80. The van der Waals surface area contributed by atoms with E-state index < -0.39 is 0 Å². The van der Waals surface area contributed by atoms with Crippen LogP contribution in [0.25, 0.3) is 0 Å². The summed E-state index contributed by atoms with van der Waals surface area (Å²) in [5.74, 6) is 1.76. The molecule has 1 aliphatic heterocycles. The van der Waals surface area contributed by atoms with E-state index in [1.807, 2.05) is 0 Å². The van der Waals surface area contributed by atoms with Crippen LogP contribution in [0.1, 0.15) is 39.0 Å². The highest BCUT2D eigenvalue weighted by atomic mass is 32.2. The highest BCUT2D eigenvalue weighted by Gasteiger charge is 2.42. The van der Waals surface area contributed by atoms with Crippen molar-refractivity contribution in [2.24, 2.45) is 11.3 Å². The van der Waals surface area contributed by atoms with E-state index in [1.165, 1.54) is 50.4 Å². The van der Waals surface area contributed by atoms with Gasteiger partial charge in [-0.1, -0.05) is 31.0 Å². The first-order valence-electron chi connectivity index (χ1n) is 6.07. The van der Waals surface area contributed by atoms with E-state index in [0.717, 1.165) is 18.2 Å². The van der Waals surface area contributed by atoms with Crippen molar-refractivity contribution in [1.29, 1.82) is 0 Å². The number of hydrogen-bond donors (Lipinski definition) is 1. The number of nitrogens with one attached hydrogen (secondary N) is 1. The fourth-order valence-electron chi connectivity index (χ4n) is 3.15. The van der Waals surface area contributed by atoms with Gasteiger partial charge in [0.1, 0.15) is 0 Å². The Labute approximate surface area is 96.6 Å². The topological polar surface area (TPSA) is 29.1 Å². The third-order valence-corrected chi connectivity index (χ3v) is 5.05. The molecule has 0 aromatic carbocycles. The summed E-state index contributed by atoms with van der Waals surface area (Å²) in [6, 6.07) is 0. The number of thioether (sulfide) groups is 1. The molecule has 0 aromatic rings. The summed E-state index contributed by atoms with van der Waals surface area (Å²) < 4.78 is 0. The van der Waals surface area contributed by atoms with Crippen molar-refractivity contribution in [2.45, 2.75) is 39.0 Å². The zero-order valence-corrected chi connectivity index (χ0v) is 10.4. The normalized spacial score (nSPS) is 29.5. The minimum Gasteiger partial charge on any atom is -0.316 e. The van der Waals surface area contributed by atoms with E-state index in [4.69, 9.17) is 0 Å². The van der Waals surface area contributed by atoms with Crippen molar-refractivity contribution in [3.05, 3.63) is 0 Å². The highest BCUT2D eigenvalue weighted by Crippen LogP contribution is 2.45. The summed E-state index contributed by atoms with van der Waals surface area (Å²) >= 11 is 1.52. The Kier molecular flexibility index (Phi) is 3.73. The Hall–Kier alpha value is -0.0200. The molecule has 1 heterocycles. The van der Waals surface area contributed by atoms with Gasteiger partial charge in [-0.25, -0.2) is 0 Å². The summed E-state index contributed by atoms with van der Waals surface area (Å²) in [5.41, 5.74) is 0.542. The molecular formula is C12H21NOS. The molecule has 2 nitrogen and oxygen atoms in total. The van der Waals surface area contributed by atoms with Gasteiger partial charge in [0.25, 0.3) is 0 Å². The first-order valence-corrected chi connectivity index (χ1v) is 7.06. The zero-order valence-electron chi connectivity index (χ0n) is 9.55. The first kappa shape index (κ1) is 11.5. The van der Waals surface area contributed by atoms with Gasteiger partial charge in [-0.3, -0.25) is 4.79 Å². The lowest BCUT2D eigenvalue weighted by Gasteiger charge is -2.38. The Bertz CT molecular complexity index is 236. The molecule has 1 unspecified atom stereocenters. The smallest absolute Gasteiger partial charge is 0.185 e. The lowest BCUT2D eigenvalue weighted by molar-refractivity contribution is -0.109. The monoisotopic (exact) mass is 227 g/mol. The molecule has 3 heteroatoms. The minimum atomic E-state index is 0.271. The van der Waals surface area contributed by atoms with Crippen LogP contribution < -0.4 is 5.32 Å². The Morgan fingerprint density at radius 1 is 1.40 bits per heavy atom. The van der Waals surface area contributed by atoms with Crippen molar-refractivity contribution in [1.82, 2.24) is 5.32 Å². The number of carbonyl (C=O) groups is 1. The second kappa shape index (κ2) is 4.88. The number of carbonyl (C=O) groups excluding carboxylic acids is 1. The predicted octanol–water partition coefficient (Wildman–Crippen LogP) is 2.44. The summed E-state index contributed by atoms with van der Waals surface area (Å²) in [7, 11) is 0. The molecule has 0 bridgehead atoms. The van der Waals surface area contributed by atoms with Gasteiger partial charge < -0.3 is 5.32 Å². The molecule has 1 aliphatic carbocycles. The highest BCUT2D eigenvalue weighted by molar-refractivity contribution is 8.13. The van der Waals surface area contributed by atoms with Gasteiger partial charge in [0.2, 0.25) is 0 Å². The lowest BCUT2D eigenvalue weighted by Crippen LogP contribution is -2.33. The quantitative estimate of drug-likeness (QED) is 0.785. The molecule has 1 saturated heterocycles. The van der Waals surface area contributed by atoms with Crippen LogP contribution in [0.4, 0.5) is 0 Å². The fraction of sp³-hybridized carbons (Fsp3) is 0.917. The molecule has 0 aromatic heterocycles. The molecule has 15 heavy (non-hydrogen) atoms. The maximum atomic E-state index is 11.0. The van der Waals surface area contributed by atoms with Crippen LogP contribution in [0.5, 0.6) is 0 Å². The van der Waals surface area contributed by atoms with Crippen LogP contribution >= 0.6 is 11.8 Å². The van der Waals surface area contributed by atoms with Crippen LogP contribution in [-0.2, 0) is 4.79 Å². The maximum absolute atomic E-state index is 11.0. The third kappa shape index (κ3) is 2.56. The van der Waals surface area contributed by atoms with Gasteiger partial charge in [-0.2, -0.15) is 0 Å². The van der Waals surface area contributed by atoms with Crippen molar-refractivity contribution in [2.75, 3.05) is 18.8 Å². The summed E-state index contributed by atoms with van der Waals surface area (Å²) in [6.07, 6.45) is 6.95. The molecule has 2 aliphatic rings. The van der Waals surface area contributed by atoms with Crippen molar-refractivity contribution < 1.29 is 4.79 Å². The van der Waals surface area contributed by atoms with Crippen LogP contribution in [0.15, 0.2) is 0 Å². The average Bonchev–Trinajstić information content (AvgIpc) is 2.59. The summed E-state index contributed by atoms with van der Waals surface area (Å²) in [4.78, 5) is 11.0. The van der Waals surface area contributed by atoms with E-state index in [-0.39, 0.29) is 5.12 Å². The Morgan fingerprint density at radius 2 is 2.13 bits per heavy atom. The molecule has 0 radical (unpaired) electrons. The SMILES string of the molecule is CC(=O)SCC1CNCC12CCCCC2. The molecule has 2 fully saturated rings. The average molecular weight is 227 g/mol. The maximum Gasteiger partial charge on any atom is 0.185 e. The van der Waals surface area contributed by atoms with Gasteiger partial charge in [-0.15, -0.1) is 0 Å². The minimum absolute atomic E-state index is 0.271. The molecule has 1 N–H and O–H groups in total. The van der Waals surface area contributed by atoms with E-state index in [2.05, 4.69) is 5.32 Å². The van der Waals surface area contributed by atoms with Crippen molar-refractivity contribution in [3.63, 3.8) is 0 Å². The Balaban J connectivity index is 1.94. The van der Waals surface area contributed by atoms with Crippen LogP contribution in [-0.4, -0.2) is 24.0 Å². The number of rotatable bonds is 2. The second-order valence-corrected chi connectivity index (χ2v) is 6.25. The van der Waals surface area contributed by atoms with E-state index in [9.17, 15) is 4.79 Å². The van der Waals surface area contributed by atoms with E-state index in [1.54, 1.807) is 6.92 Å².